The lowest BCUT2D eigenvalue weighted by Crippen LogP contribution is -2.27. The van der Waals surface area contributed by atoms with Crippen molar-refractivity contribution in [3.05, 3.63) is 0 Å². The van der Waals surface area contributed by atoms with Gasteiger partial charge in [0, 0.05) is 0 Å². The second-order valence-corrected chi connectivity index (χ2v) is 14.2. The number of unbranched alkanes of at least 4 members (excludes halogenated alkanes) is 32. The van der Waals surface area contributed by atoms with Crippen LogP contribution in [0.2, 0.25) is 0 Å². The van der Waals surface area contributed by atoms with Gasteiger partial charge in [-0.05, 0) is 38.9 Å². The molecule has 0 aliphatic heterocycles. The van der Waals surface area contributed by atoms with Crippen molar-refractivity contribution in [2.24, 2.45) is 0 Å². The van der Waals surface area contributed by atoms with E-state index < -0.39 is 0 Å². The quantitative estimate of drug-likeness (QED) is 0.0645. The van der Waals surface area contributed by atoms with Crippen LogP contribution in [0.25, 0.3) is 0 Å². The first kappa shape index (κ1) is 42.0. The van der Waals surface area contributed by atoms with E-state index in [-0.39, 0.29) is 0 Å². The highest BCUT2D eigenvalue weighted by molar-refractivity contribution is 4.61. The Morgan fingerprint density at radius 1 is 0.190 bits per heavy atom. The number of hydrogen-bond acceptors (Lipinski definition) is 1. The van der Waals surface area contributed by atoms with Gasteiger partial charge in [0.25, 0.3) is 0 Å². The third-order valence-electron chi connectivity index (χ3n) is 9.73. The Bertz CT molecular complexity index is 412. The SMILES string of the molecule is CCCCCCCCCCCCCCCCCN(CCCCCCC)CCCCCCCCCCCCCCCCC. The Morgan fingerprint density at radius 3 is 0.500 bits per heavy atom. The Labute approximate surface area is 269 Å². The van der Waals surface area contributed by atoms with E-state index >= 15 is 0 Å². The van der Waals surface area contributed by atoms with Crippen LogP contribution in [0.5, 0.6) is 0 Å². The molecular weight excluding hydrogens is 506 g/mol. The molecule has 0 aliphatic rings. The topological polar surface area (TPSA) is 3.24 Å². The molecule has 0 radical (unpaired) electrons. The van der Waals surface area contributed by atoms with Crippen LogP contribution < -0.4 is 0 Å². The van der Waals surface area contributed by atoms with Gasteiger partial charge >= 0.3 is 0 Å². The fourth-order valence-corrected chi connectivity index (χ4v) is 6.69. The minimum Gasteiger partial charge on any atom is -0.303 e. The second-order valence-electron chi connectivity index (χ2n) is 14.2. The monoisotopic (exact) mass is 592 g/mol. The van der Waals surface area contributed by atoms with Gasteiger partial charge < -0.3 is 4.90 Å². The van der Waals surface area contributed by atoms with Crippen LogP contribution in [0, 0.1) is 0 Å². The highest BCUT2D eigenvalue weighted by Gasteiger charge is 2.05. The van der Waals surface area contributed by atoms with Crippen molar-refractivity contribution in [3.63, 3.8) is 0 Å². The summed E-state index contributed by atoms with van der Waals surface area (Å²) in [6.45, 7) is 11.1. The summed E-state index contributed by atoms with van der Waals surface area (Å²) in [5.41, 5.74) is 0. The van der Waals surface area contributed by atoms with Crippen LogP contribution in [0.3, 0.4) is 0 Å². The molecule has 0 heterocycles. The summed E-state index contributed by atoms with van der Waals surface area (Å²) in [7, 11) is 0. The van der Waals surface area contributed by atoms with Crippen molar-refractivity contribution >= 4 is 0 Å². The van der Waals surface area contributed by atoms with Gasteiger partial charge in [-0.25, -0.2) is 0 Å². The van der Waals surface area contributed by atoms with Gasteiger partial charge in [-0.3, -0.25) is 0 Å². The smallest absolute Gasteiger partial charge is 0.00187 e. The molecule has 0 atom stereocenters. The Kier molecular flexibility index (Phi) is 38.9. The highest BCUT2D eigenvalue weighted by Crippen LogP contribution is 2.16. The van der Waals surface area contributed by atoms with Gasteiger partial charge in [0.05, 0.1) is 0 Å². The van der Waals surface area contributed by atoms with Gasteiger partial charge in [0.15, 0.2) is 0 Å². The summed E-state index contributed by atoms with van der Waals surface area (Å²) in [5.74, 6) is 0. The summed E-state index contributed by atoms with van der Waals surface area (Å²) in [6, 6.07) is 0. The van der Waals surface area contributed by atoms with E-state index in [0.29, 0.717) is 0 Å². The first-order valence-electron chi connectivity index (χ1n) is 20.6. The highest BCUT2D eigenvalue weighted by atomic mass is 15.1. The summed E-state index contributed by atoms with van der Waals surface area (Å²) in [5, 5.41) is 0. The first-order valence-corrected chi connectivity index (χ1v) is 20.6. The summed E-state index contributed by atoms with van der Waals surface area (Å²) in [4.78, 5) is 2.84. The number of hydrogen-bond donors (Lipinski definition) is 0. The zero-order valence-electron chi connectivity index (χ0n) is 30.3. The average Bonchev–Trinajstić information content (AvgIpc) is 3.00. The maximum Gasteiger partial charge on any atom is -0.00187 e. The van der Waals surface area contributed by atoms with Gasteiger partial charge in [-0.15, -0.1) is 0 Å². The van der Waals surface area contributed by atoms with Gasteiger partial charge in [0.1, 0.15) is 0 Å². The molecule has 0 amide bonds. The van der Waals surface area contributed by atoms with Crippen molar-refractivity contribution in [1.29, 1.82) is 0 Å². The Morgan fingerprint density at radius 2 is 0.333 bits per heavy atom. The van der Waals surface area contributed by atoms with Crippen LogP contribution >= 0.6 is 0 Å². The molecule has 0 saturated carbocycles. The Balaban J connectivity index is 3.67. The van der Waals surface area contributed by atoms with E-state index in [1.54, 1.807) is 0 Å². The van der Waals surface area contributed by atoms with E-state index in [9.17, 15) is 0 Å². The fraction of sp³-hybridized carbons (Fsp3) is 1.00. The third-order valence-corrected chi connectivity index (χ3v) is 9.73. The first-order chi connectivity index (χ1) is 20.8. The fourth-order valence-electron chi connectivity index (χ4n) is 6.69. The molecule has 0 fully saturated rings. The zero-order chi connectivity index (χ0) is 30.4. The van der Waals surface area contributed by atoms with Crippen LogP contribution in [-0.4, -0.2) is 24.5 Å². The molecule has 0 aromatic rings. The predicted octanol–water partition coefficient (Wildman–Crippen LogP) is 15.0. The molecule has 0 N–H and O–H groups in total. The molecule has 1 nitrogen and oxygen atoms in total. The van der Waals surface area contributed by atoms with E-state index in [1.165, 1.54) is 244 Å². The van der Waals surface area contributed by atoms with Gasteiger partial charge in [-0.2, -0.15) is 0 Å². The lowest BCUT2D eigenvalue weighted by atomic mass is 10.0. The molecule has 254 valence electrons. The average molecular weight is 592 g/mol. The van der Waals surface area contributed by atoms with Crippen molar-refractivity contribution in [1.82, 2.24) is 4.90 Å². The van der Waals surface area contributed by atoms with E-state index in [2.05, 4.69) is 25.7 Å². The van der Waals surface area contributed by atoms with E-state index in [4.69, 9.17) is 0 Å². The molecule has 0 rings (SSSR count). The maximum atomic E-state index is 2.84. The lowest BCUT2D eigenvalue weighted by molar-refractivity contribution is 0.254. The standard InChI is InChI=1S/C41H85N/c1-4-7-10-13-15-17-19-21-23-25-27-29-31-34-37-40-42(39-36-33-12-9-6-3)41-38-35-32-30-28-26-24-22-20-18-16-14-11-8-5-2/h4-41H2,1-3H3. The minimum absolute atomic E-state index is 1.36. The summed E-state index contributed by atoms with van der Waals surface area (Å²) >= 11 is 0. The minimum atomic E-state index is 1.36. The maximum absolute atomic E-state index is 2.84. The number of rotatable bonds is 38. The molecule has 1 heteroatoms. The zero-order valence-corrected chi connectivity index (χ0v) is 30.3. The number of nitrogens with zero attached hydrogens (tertiary/aromatic N) is 1. The molecule has 0 unspecified atom stereocenters. The molecule has 42 heavy (non-hydrogen) atoms. The normalized spacial score (nSPS) is 11.7. The molecule has 0 spiro atoms. The van der Waals surface area contributed by atoms with Gasteiger partial charge in [0.2, 0.25) is 0 Å². The van der Waals surface area contributed by atoms with Crippen LogP contribution in [0.15, 0.2) is 0 Å². The van der Waals surface area contributed by atoms with Crippen LogP contribution in [-0.2, 0) is 0 Å². The van der Waals surface area contributed by atoms with Crippen LogP contribution in [0.4, 0.5) is 0 Å². The van der Waals surface area contributed by atoms with Crippen molar-refractivity contribution in [2.75, 3.05) is 19.6 Å². The lowest BCUT2D eigenvalue weighted by Gasteiger charge is -2.22. The molecule has 0 saturated heterocycles. The van der Waals surface area contributed by atoms with Crippen molar-refractivity contribution in [2.45, 2.75) is 245 Å². The van der Waals surface area contributed by atoms with E-state index in [1.807, 2.05) is 0 Å². The summed E-state index contributed by atoms with van der Waals surface area (Å²) in [6.07, 6.45) is 51.1. The summed E-state index contributed by atoms with van der Waals surface area (Å²) < 4.78 is 0. The molecule has 0 aliphatic carbocycles. The molecular formula is C41H85N. The second kappa shape index (κ2) is 39.0. The molecule has 0 aromatic carbocycles. The third kappa shape index (κ3) is 36.2. The van der Waals surface area contributed by atoms with E-state index in [0.717, 1.165) is 0 Å². The largest absolute Gasteiger partial charge is 0.303 e. The van der Waals surface area contributed by atoms with Crippen molar-refractivity contribution in [3.8, 4) is 0 Å². The van der Waals surface area contributed by atoms with Crippen LogP contribution in [0.1, 0.15) is 245 Å². The molecule has 0 bridgehead atoms. The predicted molar refractivity (Wildman–Crippen MR) is 195 cm³/mol. The molecule has 0 aromatic heterocycles. The van der Waals surface area contributed by atoms with Gasteiger partial charge in [-0.1, -0.05) is 226 Å². The van der Waals surface area contributed by atoms with Crippen molar-refractivity contribution < 1.29 is 0 Å². The Hall–Kier alpha value is -0.0400.